The van der Waals surface area contributed by atoms with Crippen molar-refractivity contribution in [2.24, 2.45) is 0 Å². The average molecular weight is 1200 g/mol. The minimum atomic E-state index is 0.815. The molecule has 2 heteroatoms. The Balaban J connectivity index is 2.58. The zero-order valence-electron chi connectivity index (χ0n) is 59.9. The van der Waals surface area contributed by atoms with Gasteiger partial charge in [0.1, 0.15) is 0 Å². The fourth-order valence-electron chi connectivity index (χ4n) is 13.8. The lowest BCUT2D eigenvalue weighted by molar-refractivity contribution is 0.00770. The molecule has 0 saturated carbocycles. The second kappa shape index (κ2) is 59.2. The number of hydrogen-bond acceptors (Lipinski definition) is 0. The quantitative estimate of drug-likeness (QED) is 0.0158. The SMILES string of the molecule is CCCCCCCCCCCCCCCCCCCCCCCCCCC#CC(=C=[N+]=[N-])C(CCCCCCCC)=C(c1cc(CCCCC)c(CCCCC)c(CCCCC)c1)c1cc(CCCCCC)c(CCCCCC)c(CCCCCC)c1. The van der Waals surface area contributed by atoms with Gasteiger partial charge in [0.25, 0.3) is 0 Å². The molecular weight excluding hydrogens is 1050 g/mol. The maximum atomic E-state index is 10.7. The Morgan fingerprint density at radius 3 is 0.851 bits per heavy atom. The third-order valence-corrected chi connectivity index (χ3v) is 19.4. The maximum absolute atomic E-state index is 10.7. The highest BCUT2D eigenvalue weighted by atomic mass is 14.8. The lowest BCUT2D eigenvalue weighted by Gasteiger charge is -2.24. The first kappa shape index (κ1) is 80.0. The fraction of sp³-hybridized carbons (Fsp3) is 0.788. The van der Waals surface area contributed by atoms with Crippen LogP contribution in [0, 0.1) is 11.8 Å². The van der Waals surface area contributed by atoms with Crippen molar-refractivity contribution in [1.29, 1.82) is 0 Å². The molecule has 0 aromatic heterocycles. The van der Waals surface area contributed by atoms with E-state index in [9.17, 15) is 5.53 Å². The Labute approximate surface area is 544 Å². The lowest BCUT2D eigenvalue weighted by atomic mass is 9.80. The molecule has 87 heavy (non-hydrogen) atoms. The normalized spacial score (nSPS) is 11.7. The van der Waals surface area contributed by atoms with Crippen molar-refractivity contribution in [3.05, 3.63) is 85.5 Å². The molecule has 496 valence electrons. The van der Waals surface area contributed by atoms with Crippen LogP contribution in [0.1, 0.15) is 440 Å². The largest absolute Gasteiger partial charge is 0.348 e. The van der Waals surface area contributed by atoms with E-state index >= 15 is 0 Å². The van der Waals surface area contributed by atoms with Gasteiger partial charge in [-0.3, -0.25) is 0 Å². The van der Waals surface area contributed by atoms with Crippen molar-refractivity contribution in [3.63, 3.8) is 0 Å². The van der Waals surface area contributed by atoms with Gasteiger partial charge in [0.15, 0.2) is 5.57 Å². The molecule has 2 rings (SSSR count). The molecule has 0 radical (unpaired) electrons. The van der Waals surface area contributed by atoms with Crippen LogP contribution >= 0.6 is 0 Å². The van der Waals surface area contributed by atoms with E-state index in [1.807, 2.05) is 0 Å². The van der Waals surface area contributed by atoms with Crippen molar-refractivity contribution < 1.29 is 4.79 Å². The van der Waals surface area contributed by atoms with Gasteiger partial charge in [-0.15, -0.1) is 4.79 Å². The number of aryl methyl sites for hydroxylation is 4. The molecule has 2 aromatic rings. The standard InChI is InChI=1S/C85H146N2/c1-9-17-25-30-32-33-34-35-36-37-38-39-40-41-42-43-44-45-46-47-48-49-50-51-52-59-66-79(74-87-86)84(69-61-53-31-26-18-10-2)85(80-70-75(62-54-22-14-6)82(67-56-24-16-8)76(71-80)63-55-23-15-7)81-72-77(64-57-27-19-11-3)83(68-60-29-21-13-5)78(73-81)65-58-28-20-12-4/h70-73H,9-58,60-65,67-69H2,1-8H3. The summed E-state index contributed by atoms with van der Waals surface area (Å²) in [6, 6.07) is 10.7. The Morgan fingerprint density at radius 1 is 0.299 bits per heavy atom. The Kier molecular flexibility index (Phi) is 54.5. The number of benzene rings is 2. The molecule has 0 unspecified atom stereocenters. The van der Waals surface area contributed by atoms with E-state index in [-0.39, 0.29) is 0 Å². The molecule has 2 nitrogen and oxygen atoms in total. The Bertz CT molecular complexity index is 2050. The van der Waals surface area contributed by atoms with E-state index in [0.29, 0.717) is 0 Å². The van der Waals surface area contributed by atoms with E-state index in [2.05, 4.69) is 102 Å². The molecule has 0 aliphatic heterocycles. The van der Waals surface area contributed by atoms with Gasteiger partial charge in [0, 0.05) is 6.42 Å². The molecule has 0 atom stereocenters. The molecule has 0 heterocycles. The first-order chi connectivity index (χ1) is 43.0. The second-order valence-corrected chi connectivity index (χ2v) is 27.5. The minimum Gasteiger partial charge on any atom is -0.348 e. The van der Waals surface area contributed by atoms with Crippen LogP contribution < -0.4 is 0 Å². The molecule has 0 aliphatic rings. The second-order valence-electron chi connectivity index (χ2n) is 27.5. The van der Waals surface area contributed by atoms with Crippen LogP contribution in [0.4, 0.5) is 0 Å². The van der Waals surface area contributed by atoms with Crippen LogP contribution in [0.25, 0.3) is 11.1 Å². The van der Waals surface area contributed by atoms with Gasteiger partial charge >= 0.3 is 5.87 Å². The third kappa shape index (κ3) is 39.7. The zero-order valence-corrected chi connectivity index (χ0v) is 59.9. The molecule has 0 fully saturated rings. The lowest BCUT2D eigenvalue weighted by Crippen LogP contribution is -2.09. The molecule has 0 bridgehead atoms. The predicted molar refractivity (Wildman–Crippen MR) is 391 cm³/mol. The van der Waals surface area contributed by atoms with Gasteiger partial charge < -0.3 is 5.53 Å². The van der Waals surface area contributed by atoms with E-state index < -0.39 is 0 Å². The summed E-state index contributed by atoms with van der Waals surface area (Å²) in [6.45, 7) is 18.8. The molecule has 2 aromatic carbocycles. The smallest absolute Gasteiger partial charge is 0.317 e. The van der Waals surface area contributed by atoms with Crippen LogP contribution in [0.2, 0.25) is 0 Å². The van der Waals surface area contributed by atoms with Crippen molar-refractivity contribution in [1.82, 2.24) is 0 Å². The van der Waals surface area contributed by atoms with Gasteiger partial charge in [-0.05, 0) is 152 Å². The third-order valence-electron chi connectivity index (χ3n) is 19.4. The molecule has 0 spiro atoms. The summed E-state index contributed by atoms with van der Waals surface area (Å²) in [5.41, 5.74) is 26.6. The average Bonchev–Trinajstić information content (AvgIpc) is 1.07. The van der Waals surface area contributed by atoms with E-state index in [4.69, 9.17) is 0 Å². The number of hydrogen-bond donors (Lipinski definition) is 0. The van der Waals surface area contributed by atoms with Crippen molar-refractivity contribution in [2.75, 3.05) is 0 Å². The monoisotopic (exact) mass is 1200 g/mol. The number of allylic oxidation sites excluding steroid dienone is 2. The summed E-state index contributed by atoms with van der Waals surface area (Å²) in [7, 11) is 0. The number of nitrogens with zero attached hydrogens (tertiary/aromatic N) is 2. The van der Waals surface area contributed by atoms with Gasteiger partial charge in [0.05, 0.1) is 0 Å². The highest BCUT2D eigenvalue weighted by Gasteiger charge is 2.23. The molecule has 0 N–H and O–H groups in total. The van der Waals surface area contributed by atoms with Crippen LogP contribution in [-0.2, 0) is 38.5 Å². The Hall–Kier alpha value is -3.10. The first-order valence-electron chi connectivity index (χ1n) is 39.5. The zero-order chi connectivity index (χ0) is 62.7. The summed E-state index contributed by atoms with van der Waals surface area (Å²) in [5.74, 6) is 10.7. The summed E-state index contributed by atoms with van der Waals surface area (Å²) in [6.07, 6.45) is 76.7. The van der Waals surface area contributed by atoms with Gasteiger partial charge in [0.2, 0.25) is 0 Å². The molecular formula is C85H146N2. The van der Waals surface area contributed by atoms with Crippen LogP contribution in [-0.4, -0.2) is 10.7 Å². The van der Waals surface area contributed by atoms with Crippen molar-refractivity contribution >= 4 is 11.4 Å². The van der Waals surface area contributed by atoms with Gasteiger partial charge in [-0.2, -0.15) is 0 Å². The topological polar surface area (TPSA) is 36.4 Å². The number of rotatable bonds is 61. The molecule has 0 amide bonds. The minimum absolute atomic E-state index is 0.815. The Morgan fingerprint density at radius 2 is 0.540 bits per heavy atom. The van der Waals surface area contributed by atoms with Crippen LogP contribution in [0.15, 0.2) is 35.4 Å². The maximum Gasteiger partial charge on any atom is 0.317 e. The van der Waals surface area contributed by atoms with Crippen molar-refractivity contribution in [3.8, 4) is 11.8 Å². The van der Waals surface area contributed by atoms with Gasteiger partial charge in [-0.1, -0.05) is 368 Å². The van der Waals surface area contributed by atoms with Crippen molar-refractivity contribution in [2.45, 2.75) is 434 Å². The highest BCUT2D eigenvalue weighted by molar-refractivity contribution is 5.90. The predicted octanol–water partition coefficient (Wildman–Crippen LogP) is 28.4. The van der Waals surface area contributed by atoms with Gasteiger partial charge in [-0.25, -0.2) is 0 Å². The summed E-state index contributed by atoms with van der Waals surface area (Å²) < 4.78 is 0. The highest BCUT2D eigenvalue weighted by Crippen LogP contribution is 2.39. The number of unbranched alkanes of at least 4 members (excludes halogenated alkanes) is 44. The first-order valence-corrected chi connectivity index (χ1v) is 39.5. The summed E-state index contributed by atoms with van der Waals surface area (Å²) >= 11 is 0. The fourth-order valence-corrected chi connectivity index (χ4v) is 13.8. The molecule has 0 saturated heterocycles. The van der Waals surface area contributed by atoms with E-state index in [1.54, 1.807) is 33.4 Å². The van der Waals surface area contributed by atoms with E-state index in [1.165, 1.54) is 350 Å². The summed E-state index contributed by atoms with van der Waals surface area (Å²) in [5, 5.41) is 0. The van der Waals surface area contributed by atoms with Crippen LogP contribution in [0.5, 0.6) is 0 Å². The molecule has 0 aliphatic carbocycles. The summed E-state index contributed by atoms with van der Waals surface area (Å²) in [4.78, 5) is 3.79. The van der Waals surface area contributed by atoms with E-state index in [0.717, 1.165) is 56.9 Å². The van der Waals surface area contributed by atoms with Crippen LogP contribution in [0.3, 0.4) is 0 Å².